The fraction of sp³-hybridized carbons (Fsp3) is 0.200. The number of hydrogen-bond donors (Lipinski definition) is 2. The number of benzene rings is 1. The lowest BCUT2D eigenvalue weighted by Crippen LogP contribution is -2.28. The maximum absolute atomic E-state index is 12.5. The van der Waals surface area contributed by atoms with Crippen LogP contribution in [0.15, 0.2) is 29.4 Å². The molecule has 2 N–H and O–H groups in total. The van der Waals surface area contributed by atoms with Gasteiger partial charge >= 0.3 is 0 Å². The minimum Gasteiger partial charge on any atom is -0.383 e. The quantitative estimate of drug-likeness (QED) is 0.568. The van der Waals surface area contributed by atoms with Crippen LogP contribution in [0, 0.1) is 5.82 Å². The predicted molar refractivity (Wildman–Crippen MR) is 53.8 cm³/mol. The van der Waals surface area contributed by atoms with Gasteiger partial charge in [0.15, 0.2) is 0 Å². The van der Waals surface area contributed by atoms with Gasteiger partial charge in [0, 0.05) is 0 Å². The molecule has 1 aromatic carbocycles. The van der Waals surface area contributed by atoms with Crippen molar-refractivity contribution in [2.45, 2.75) is 13.0 Å². The lowest BCUT2D eigenvalue weighted by Gasteiger charge is -2.00. The van der Waals surface area contributed by atoms with Gasteiger partial charge in [0.25, 0.3) is 5.91 Å². The van der Waals surface area contributed by atoms with E-state index in [9.17, 15) is 9.18 Å². The number of aliphatic hydroxyl groups is 1. The number of hydrogen-bond acceptors (Lipinski definition) is 3. The molecule has 0 heterocycles. The van der Waals surface area contributed by atoms with Gasteiger partial charge in [-0.2, -0.15) is 5.10 Å². The number of amides is 1. The van der Waals surface area contributed by atoms with Crippen molar-refractivity contribution in [3.05, 3.63) is 35.6 Å². The summed E-state index contributed by atoms with van der Waals surface area (Å²) in [6, 6.07) is 5.62. The first kappa shape index (κ1) is 11.3. The van der Waals surface area contributed by atoms with E-state index in [0.29, 0.717) is 5.56 Å². The number of aliphatic hydroxyl groups excluding tert-OH is 1. The highest BCUT2D eigenvalue weighted by atomic mass is 19.1. The molecule has 0 aliphatic rings. The average molecular weight is 210 g/mol. The van der Waals surface area contributed by atoms with Crippen LogP contribution < -0.4 is 5.43 Å². The van der Waals surface area contributed by atoms with Crippen LogP contribution in [0.3, 0.4) is 0 Å². The van der Waals surface area contributed by atoms with Gasteiger partial charge in [-0.3, -0.25) is 4.79 Å². The van der Waals surface area contributed by atoms with Gasteiger partial charge in [-0.15, -0.1) is 0 Å². The number of hydrazone groups is 1. The normalized spacial score (nSPS) is 12.7. The fourth-order valence-corrected chi connectivity index (χ4v) is 0.813. The molecule has 0 saturated heterocycles. The Morgan fingerprint density at radius 3 is 2.67 bits per heavy atom. The molecular formula is C10H11FN2O2. The number of nitrogens with zero attached hydrogens (tertiary/aromatic N) is 1. The summed E-state index contributed by atoms with van der Waals surface area (Å²) in [5.41, 5.74) is 2.79. The second-order valence-corrected chi connectivity index (χ2v) is 2.96. The van der Waals surface area contributed by atoms with Crippen LogP contribution >= 0.6 is 0 Å². The summed E-state index contributed by atoms with van der Waals surface area (Å²) >= 11 is 0. The highest BCUT2D eigenvalue weighted by molar-refractivity contribution is 5.83. The molecule has 0 aromatic heterocycles. The maximum atomic E-state index is 12.5. The minimum atomic E-state index is -1.10. The first-order valence-corrected chi connectivity index (χ1v) is 4.36. The molecule has 80 valence electrons. The van der Waals surface area contributed by atoms with Crippen molar-refractivity contribution >= 4 is 12.1 Å². The molecule has 4 nitrogen and oxygen atoms in total. The number of nitrogens with one attached hydrogen (secondary N) is 1. The van der Waals surface area contributed by atoms with E-state index in [4.69, 9.17) is 5.11 Å². The Morgan fingerprint density at radius 2 is 2.13 bits per heavy atom. The van der Waals surface area contributed by atoms with Crippen LogP contribution in [0.1, 0.15) is 12.5 Å². The molecule has 15 heavy (non-hydrogen) atoms. The van der Waals surface area contributed by atoms with Crippen molar-refractivity contribution in [1.82, 2.24) is 5.43 Å². The van der Waals surface area contributed by atoms with E-state index >= 15 is 0 Å². The molecule has 0 radical (unpaired) electrons. The van der Waals surface area contributed by atoms with Crippen LogP contribution in [0.25, 0.3) is 0 Å². The SMILES string of the molecule is CC(O)C(=O)N/N=C/c1ccc(F)cc1. The van der Waals surface area contributed by atoms with Gasteiger partial charge in [-0.1, -0.05) is 12.1 Å². The van der Waals surface area contributed by atoms with E-state index in [1.165, 1.54) is 37.4 Å². The molecule has 0 bridgehead atoms. The molecular weight excluding hydrogens is 199 g/mol. The van der Waals surface area contributed by atoms with E-state index in [0.717, 1.165) is 0 Å². The Kier molecular flexibility index (Phi) is 3.93. The summed E-state index contributed by atoms with van der Waals surface area (Å²) in [7, 11) is 0. The van der Waals surface area contributed by atoms with Crippen molar-refractivity contribution in [3.8, 4) is 0 Å². The molecule has 1 aromatic rings. The lowest BCUT2D eigenvalue weighted by atomic mass is 10.2. The van der Waals surface area contributed by atoms with Crippen LogP contribution in [-0.2, 0) is 4.79 Å². The monoisotopic (exact) mass is 210 g/mol. The molecule has 0 aliphatic heterocycles. The van der Waals surface area contributed by atoms with Gasteiger partial charge in [0.1, 0.15) is 11.9 Å². The predicted octanol–water partition coefficient (Wildman–Crippen LogP) is 0.657. The molecule has 0 saturated carbocycles. The zero-order valence-corrected chi connectivity index (χ0v) is 8.14. The molecule has 1 amide bonds. The Morgan fingerprint density at radius 1 is 1.53 bits per heavy atom. The summed E-state index contributed by atoms with van der Waals surface area (Å²) < 4.78 is 12.5. The molecule has 5 heteroatoms. The zero-order valence-electron chi connectivity index (χ0n) is 8.14. The topological polar surface area (TPSA) is 61.7 Å². The van der Waals surface area contributed by atoms with E-state index in [-0.39, 0.29) is 5.82 Å². The third kappa shape index (κ3) is 3.86. The molecule has 1 rings (SSSR count). The third-order valence-corrected chi connectivity index (χ3v) is 1.64. The van der Waals surface area contributed by atoms with Gasteiger partial charge in [-0.25, -0.2) is 9.82 Å². The Labute approximate surface area is 86.4 Å². The summed E-state index contributed by atoms with van der Waals surface area (Å²) in [5.74, 6) is -0.923. The van der Waals surface area contributed by atoms with E-state index < -0.39 is 12.0 Å². The summed E-state index contributed by atoms with van der Waals surface area (Å²) in [6.45, 7) is 1.34. The van der Waals surface area contributed by atoms with Crippen LogP contribution in [0.2, 0.25) is 0 Å². The van der Waals surface area contributed by atoms with Crippen molar-refractivity contribution in [2.75, 3.05) is 0 Å². The van der Waals surface area contributed by atoms with Crippen LogP contribution in [-0.4, -0.2) is 23.3 Å². The zero-order chi connectivity index (χ0) is 11.3. The highest BCUT2D eigenvalue weighted by Gasteiger charge is 2.05. The number of carbonyl (C=O) groups excluding carboxylic acids is 1. The van der Waals surface area contributed by atoms with E-state index in [1.54, 1.807) is 0 Å². The van der Waals surface area contributed by atoms with Gasteiger partial charge in [-0.05, 0) is 24.6 Å². The number of carbonyl (C=O) groups is 1. The summed E-state index contributed by atoms with van der Waals surface area (Å²) in [6.07, 6.45) is 0.259. The maximum Gasteiger partial charge on any atom is 0.268 e. The highest BCUT2D eigenvalue weighted by Crippen LogP contribution is 1.99. The lowest BCUT2D eigenvalue weighted by molar-refractivity contribution is -0.128. The minimum absolute atomic E-state index is 0.333. The van der Waals surface area contributed by atoms with Gasteiger partial charge in [0.2, 0.25) is 0 Å². The van der Waals surface area contributed by atoms with Crippen molar-refractivity contribution in [1.29, 1.82) is 0 Å². The van der Waals surface area contributed by atoms with Crippen molar-refractivity contribution in [3.63, 3.8) is 0 Å². The molecule has 1 unspecified atom stereocenters. The average Bonchev–Trinajstić information content (AvgIpc) is 2.20. The van der Waals surface area contributed by atoms with E-state index in [2.05, 4.69) is 10.5 Å². The molecule has 0 spiro atoms. The largest absolute Gasteiger partial charge is 0.383 e. The first-order valence-electron chi connectivity index (χ1n) is 4.36. The number of rotatable bonds is 3. The van der Waals surface area contributed by atoms with Crippen molar-refractivity contribution in [2.24, 2.45) is 5.10 Å². The second-order valence-electron chi connectivity index (χ2n) is 2.96. The molecule has 0 aliphatic carbocycles. The fourth-order valence-electron chi connectivity index (χ4n) is 0.813. The Hall–Kier alpha value is -1.75. The molecule has 0 fully saturated rings. The second kappa shape index (κ2) is 5.21. The summed E-state index contributed by atoms with van der Waals surface area (Å²) in [4.78, 5) is 10.9. The van der Waals surface area contributed by atoms with Gasteiger partial charge < -0.3 is 5.11 Å². The third-order valence-electron chi connectivity index (χ3n) is 1.64. The summed E-state index contributed by atoms with van der Waals surface area (Å²) in [5, 5.41) is 12.4. The molecule has 1 atom stereocenters. The van der Waals surface area contributed by atoms with Crippen LogP contribution in [0.5, 0.6) is 0 Å². The Balaban J connectivity index is 2.51. The van der Waals surface area contributed by atoms with Crippen LogP contribution in [0.4, 0.5) is 4.39 Å². The first-order chi connectivity index (χ1) is 7.09. The smallest absolute Gasteiger partial charge is 0.268 e. The van der Waals surface area contributed by atoms with Gasteiger partial charge in [0.05, 0.1) is 6.21 Å². The Bertz CT molecular complexity index is 360. The van der Waals surface area contributed by atoms with E-state index in [1.807, 2.05) is 0 Å². The number of halogens is 1. The standard InChI is InChI=1S/C10H11FN2O2/c1-7(14)10(15)13-12-6-8-2-4-9(11)5-3-8/h2-7,14H,1H3,(H,13,15)/b12-6+. The van der Waals surface area contributed by atoms with Crippen molar-refractivity contribution < 1.29 is 14.3 Å².